The van der Waals surface area contributed by atoms with Gasteiger partial charge in [0.1, 0.15) is 0 Å². The third-order valence-electron chi connectivity index (χ3n) is 1.47. The molecule has 0 atom stereocenters. The summed E-state index contributed by atoms with van der Waals surface area (Å²) in [6, 6.07) is 17.5. The third-order valence-corrected chi connectivity index (χ3v) is 1.47. The summed E-state index contributed by atoms with van der Waals surface area (Å²) in [5, 5.41) is 0. The van der Waals surface area contributed by atoms with Gasteiger partial charge in [-0.2, -0.15) is 30.3 Å². The predicted octanol–water partition coefficient (Wildman–Crippen LogP) is 2.65. The van der Waals surface area contributed by atoms with E-state index in [-0.39, 0.29) is 17.1 Å². The second kappa shape index (κ2) is 8.28. The molecular formula is C12H10FeO. The van der Waals surface area contributed by atoms with Crippen LogP contribution in [-0.4, -0.2) is 5.94 Å². The van der Waals surface area contributed by atoms with Crippen molar-refractivity contribution in [2.75, 3.05) is 0 Å². The van der Waals surface area contributed by atoms with E-state index in [1.165, 1.54) is 6.08 Å². The average Bonchev–Trinajstić information content (AvgIpc) is 2.79. The number of rotatable bonds is 1. The number of hydrogen-bond donors (Lipinski definition) is 0. The quantitative estimate of drug-likeness (QED) is 0.415. The molecular weight excluding hydrogens is 216 g/mol. The Morgan fingerprint density at radius 3 is 2.00 bits per heavy atom. The molecule has 0 amide bonds. The van der Waals surface area contributed by atoms with Gasteiger partial charge >= 0.3 is 17.1 Å². The van der Waals surface area contributed by atoms with Gasteiger partial charge in [-0.15, -0.1) is 17.7 Å². The van der Waals surface area contributed by atoms with Crippen molar-refractivity contribution in [3.05, 3.63) is 60.2 Å². The van der Waals surface area contributed by atoms with Crippen molar-refractivity contribution in [3.63, 3.8) is 0 Å². The smallest absolute Gasteiger partial charge is 0.300 e. The van der Waals surface area contributed by atoms with Gasteiger partial charge in [-0.1, -0.05) is 6.08 Å². The molecule has 0 spiro atoms. The summed E-state index contributed by atoms with van der Waals surface area (Å²) >= 11 is 0. The number of hydrogen-bond acceptors (Lipinski definition) is 1. The van der Waals surface area contributed by atoms with E-state index < -0.39 is 0 Å². The minimum absolute atomic E-state index is 0. The largest absolute Gasteiger partial charge is 2.00 e. The first-order valence-corrected chi connectivity index (χ1v) is 4.03. The van der Waals surface area contributed by atoms with Crippen LogP contribution in [-0.2, 0) is 21.9 Å². The molecule has 14 heavy (non-hydrogen) atoms. The van der Waals surface area contributed by atoms with Crippen LogP contribution in [0.3, 0.4) is 0 Å². The zero-order chi connectivity index (χ0) is 9.36. The molecule has 2 rings (SSSR count). The summed E-state index contributed by atoms with van der Waals surface area (Å²) in [5.41, 5.74) is 0.917. The van der Waals surface area contributed by atoms with E-state index >= 15 is 0 Å². The van der Waals surface area contributed by atoms with E-state index in [0.29, 0.717) is 0 Å². The molecule has 0 unspecified atom stereocenters. The topological polar surface area (TPSA) is 17.1 Å². The zero-order valence-electron chi connectivity index (χ0n) is 7.54. The van der Waals surface area contributed by atoms with Gasteiger partial charge in [-0.05, 0) is 0 Å². The van der Waals surface area contributed by atoms with Crippen molar-refractivity contribution in [1.82, 2.24) is 0 Å². The number of carbonyl (C=O) groups excluding carboxylic acids is 1. The fraction of sp³-hybridized carbons (Fsp3) is 0. The zero-order valence-corrected chi connectivity index (χ0v) is 8.64. The molecule has 0 radical (unpaired) electrons. The van der Waals surface area contributed by atoms with Crippen LogP contribution in [0, 0.1) is 0 Å². The van der Waals surface area contributed by atoms with Crippen LogP contribution in [0.4, 0.5) is 0 Å². The molecule has 0 aliphatic heterocycles. The fourth-order valence-electron chi connectivity index (χ4n) is 0.874. The molecule has 72 valence electrons. The van der Waals surface area contributed by atoms with E-state index in [1.807, 2.05) is 54.6 Å². The Labute approximate surface area is 94.3 Å². The summed E-state index contributed by atoms with van der Waals surface area (Å²) in [4.78, 5) is 9.69. The minimum Gasteiger partial charge on any atom is -0.300 e. The maximum absolute atomic E-state index is 9.69. The van der Waals surface area contributed by atoms with Crippen molar-refractivity contribution >= 4 is 12.0 Å². The fourth-order valence-corrected chi connectivity index (χ4v) is 0.874. The van der Waals surface area contributed by atoms with E-state index in [2.05, 4.69) is 0 Å². The molecule has 2 aromatic rings. The van der Waals surface area contributed by atoms with Crippen molar-refractivity contribution in [2.45, 2.75) is 0 Å². The minimum atomic E-state index is 0. The second-order valence-electron chi connectivity index (χ2n) is 2.44. The SMILES string of the molecule is O=C=C[c-]1cccc1.[Fe+2].c1cc[cH-]c1. The Hall–Kier alpha value is -1.33. The Bertz CT molecular complexity index is 322. The molecule has 1 nitrogen and oxygen atoms in total. The van der Waals surface area contributed by atoms with Gasteiger partial charge in [0.25, 0.3) is 0 Å². The van der Waals surface area contributed by atoms with Crippen LogP contribution in [0.5, 0.6) is 0 Å². The van der Waals surface area contributed by atoms with Crippen LogP contribution in [0.15, 0.2) is 54.6 Å². The third kappa shape index (κ3) is 5.34. The second-order valence-corrected chi connectivity index (χ2v) is 2.44. The predicted molar refractivity (Wildman–Crippen MR) is 54.2 cm³/mol. The van der Waals surface area contributed by atoms with Crippen molar-refractivity contribution < 1.29 is 21.9 Å². The monoisotopic (exact) mass is 226 g/mol. The first-order valence-electron chi connectivity index (χ1n) is 4.03. The first kappa shape index (κ1) is 12.7. The molecule has 2 aromatic carbocycles. The summed E-state index contributed by atoms with van der Waals surface area (Å²) in [6.45, 7) is 0. The molecule has 0 fully saturated rings. The van der Waals surface area contributed by atoms with Crippen LogP contribution in [0.1, 0.15) is 5.56 Å². The van der Waals surface area contributed by atoms with Crippen LogP contribution < -0.4 is 0 Å². The van der Waals surface area contributed by atoms with Crippen molar-refractivity contribution in [2.24, 2.45) is 0 Å². The Kier molecular flexibility index (Phi) is 7.49. The summed E-state index contributed by atoms with van der Waals surface area (Å²) in [6.07, 6.45) is 1.40. The van der Waals surface area contributed by atoms with Crippen LogP contribution in [0.2, 0.25) is 0 Å². The van der Waals surface area contributed by atoms with Gasteiger partial charge in [0.2, 0.25) is 0 Å². The molecule has 0 bridgehead atoms. The molecule has 0 heterocycles. The van der Waals surface area contributed by atoms with Crippen LogP contribution >= 0.6 is 0 Å². The van der Waals surface area contributed by atoms with E-state index in [0.717, 1.165) is 5.56 Å². The van der Waals surface area contributed by atoms with Gasteiger partial charge in [-0.25, -0.2) is 12.1 Å². The van der Waals surface area contributed by atoms with E-state index in [1.54, 1.807) is 5.94 Å². The standard InChI is InChI=1S/C7H5O.C5H5.Fe/c8-6-5-7-3-1-2-4-7;1-2-4-5-3-1;/h1-5H;1-5H;/q2*-1;+2. The Morgan fingerprint density at radius 1 is 1.07 bits per heavy atom. The van der Waals surface area contributed by atoms with E-state index in [9.17, 15) is 4.79 Å². The first-order chi connectivity index (χ1) is 6.43. The van der Waals surface area contributed by atoms with Gasteiger partial charge in [0.15, 0.2) is 0 Å². The van der Waals surface area contributed by atoms with Gasteiger partial charge in [0, 0.05) is 5.94 Å². The van der Waals surface area contributed by atoms with Crippen molar-refractivity contribution in [3.8, 4) is 0 Å². The Balaban J connectivity index is 0.000000246. The molecule has 0 aromatic heterocycles. The Morgan fingerprint density at radius 2 is 1.64 bits per heavy atom. The molecule has 0 saturated carbocycles. The maximum Gasteiger partial charge on any atom is 2.00 e. The summed E-state index contributed by atoms with van der Waals surface area (Å²) in [7, 11) is 0. The molecule has 0 saturated heterocycles. The van der Waals surface area contributed by atoms with Crippen LogP contribution in [0.25, 0.3) is 6.08 Å². The molecule has 0 N–H and O–H groups in total. The summed E-state index contributed by atoms with van der Waals surface area (Å²) < 4.78 is 0. The molecule has 0 aliphatic rings. The van der Waals surface area contributed by atoms with Gasteiger partial charge in [-0.3, -0.25) is 4.79 Å². The van der Waals surface area contributed by atoms with Gasteiger partial charge < -0.3 is 0 Å². The van der Waals surface area contributed by atoms with E-state index in [4.69, 9.17) is 0 Å². The summed E-state index contributed by atoms with van der Waals surface area (Å²) in [5.74, 6) is 1.70. The molecule has 2 heteroatoms. The average molecular weight is 226 g/mol. The molecule has 0 aliphatic carbocycles. The van der Waals surface area contributed by atoms with Crippen molar-refractivity contribution in [1.29, 1.82) is 0 Å². The normalized spacial score (nSPS) is 7.43. The van der Waals surface area contributed by atoms with Gasteiger partial charge in [0.05, 0.1) is 0 Å². The maximum atomic E-state index is 9.69.